The first-order valence-electron chi connectivity index (χ1n) is 4.50. The highest BCUT2D eigenvalue weighted by molar-refractivity contribution is 5.70. The normalized spacial score (nSPS) is 11.5. The van der Waals surface area contributed by atoms with E-state index in [9.17, 15) is 0 Å². The number of aliphatic hydroxyl groups excluding tert-OH is 1. The predicted octanol–water partition coefficient (Wildman–Crippen LogP) is -0.0430. The van der Waals surface area contributed by atoms with E-state index in [0.29, 0.717) is 17.7 Å². The molecular formula is C9H11N5O. The Hall–Kier alpha value is -1.95. The van der Waals surface area contributed by atoms with E-state index >= 15 is 0 Å². The van der Waals surface area contributed by atoms with Crippen LogP contribution < -0.4 is 5.73 Å². The summed E-state index contributed by atoms with van der Waals surface area (Å²) in [4.78, 5) is 12.1. The summed E-state index contributed by atoms with van der Waals surface area (Å²) in [7, 11) is 0. The zero-order valence-electron chi connectivity index (χ0n) is 8.04. The van der Waals surface area contributed by atoms with Gasteiger partial charge in [-0.15, -0.1) is 0 Å². The van der Waals surface area contributed by atoms with Crippen LogP contribution in [-0.2, 0) is 6.54 Å². The number of nitrogen functional groups attached to an aromatic ring is 1. The third kappa shape index (κ3) is 1.94. The second-order valence-corrected chi connectivity index (χ2v) is 2.99. The molecule has 0 unspecified atom stereocenters. The Morgan fingerprint density at radius 2 is 2.27 bits per heavy atom. The second-order valence-electron chi connectivity index (χ2n) is 2.99. The van der Waals surface area contributed by atoms with Gasteiger partial charge in [0.05, 0.1) is 19.1 Å². The van der Waals surface area contributed by atoms with Crippen LogP contribution in [0.1, 0.15) is 0 Å². The molecular weight excluding hydrogens is 194 g/mol. The van der Waals surface area contributed by atoms with E-state index in [4.69, 9.17) is 10.8 Å². The molecule has 0 aliphatic heterocycles. The number of nitrogens with two attached hydrogens (primary N) is 1. The summed E-state index contributed by atoms with van der Waals surface area (Å²) in [6.45, 7) is 0.636. The second kappa shape index (κ2) is 4.05. The summed E-state index contributed by atoms with van der Waals surface area (Å²) in [6.07, 6.45) is 6.75. The smallest absolute Gasteiger partial charge is 0.222 e. The van der Waals surface area contributed by atoms with Gasteiger partial charge in [0.15, 0.2) is 5.65 Å². The van der Waals surface area contributed by atoms with Gasteiger partial charge < -0.3 is 15.4 Å². The first-order chi connectivity index (χ1) is 7.31. The van der Waals surface area contributed by atoms with Gasteiger partial charge in [-0.25, -0.2) is 9.97 Å². The molecule has 0 aromatic carbocycles. The number of hydrogen-bond acceptors (Lipinski definition) is 5. The maximum atomic E-state index is 8.59. The number of anilines is 1. The van der Waals surface area contributed by atoms with Crippen LogP contribution in [0.15, 0.2) is 24.7 Å². The van der Waals surface area contributed by atoms with Crippen LogP contribution in [0.5, 0.6) is 0 Å². The van der Waals surface area contributed by atoms with Gasteiger partial charge >= 0.3 is 0 Å². The van der Waals surface area contributed by atoms with E-state index in [1.165, 1.54) is 0 Å². The molecule has 0 saturated carbocycles. The molecule has 0 aliphatic rings. The highest BCUT2D eigenvalue weighted by atomic mass is 16.2. The Bertz CT molecular complexity index is 490. The number of aromatic nitrogens is 4. The average Bonchev–Trinajstić information content (AvgIpc) is 2.62. The lowest BCUT2D eigenvalue weighted by Gasteiger charge is -1.98. The van der Waals surface area contributed by atoms with Crippen molar-refractivity contribution in [2.24, 2.45) is 0 Å². The summed E-state index contributed by atoms with van der Waals surface area (Å²) in [5.41, 5.74) is 6.89. The molecule has 2 heterocycles. The topological polar surface area (TPSA) is 89.8 Å². The van der Waals surface area contributed by atoms with Crippen LogP contribution in [0.2, 0.25) is 0 Å². The number of aliphatic hydroxyl groups is 1. The van der Waals surface area contributed by atoms with Crippen molar-refractivity contribution in [3.05, 3.63) is 24.7 Å². The fourth-order valence-electron chi connectivity index (χ4n) is 1.26. The summed E-state index contributed by atoms with van der Waals surface area (Å²) in [5, 5.41) is 8.59. The molecule has 0 amide bonds. The summed E-state index contributed by atoms with van der Waals surface area (Å²) >= 11 is 0. The zero-order valence-corrected chi connectivity index (χ0v) is 8.04. The van der Waals surface area contributed by atoms with E-state index in [-0.39, 0.29) is 12.6 Å². The lowest BCUT2D eigenvalue weighted by Crippen LogP contribution is -1.99. The fraction of sp³-hybridized carbons (Fsp3) is 0.222. The maximum absolute atomic E-state index is 8.59. The lowest BCUT2D eigenvalue weighted by molar-refractivity contribution is 0.342. The number of nitrogens with zero attached hydrogens (tertiary/aromatic N) is 4. The van der Waals surface area contributed by atoms with Crippen molar-refractivity contribution >= 4 is 17.1 Å². The Morgan fingerprint density at radius 1 is 1.40 bits per heavy atom. The lowest BCUT2D eigenvalue weighted by atomic mass is 10.5. The van der Waals surface area contributed by atoms with Gasteiger partial charge in [-0.3, -0.25) is 0 Å². The molecule has 0 bridgehead atoms. The van der Waals surface area contributed by atoms with Gasteiger partial charge in [-0.05, 0) is 0 Å². The molecule has 2 rings (SSSR count). The van der Waals surface area contributed by atoms with Crippen molar-refractivity contribution in [3.8, 4) is 0 Å². The van der Waals surface area contributed by atoms with Gasteiger partial charge in [0.1, 0.15) is 5.52 Å². The van der Waals surface area contributed by atoms with Crippen molar-refractivity contribution in [3.63, 3.8) is 0 Å². The third-order valence-corrected chi connectivity index (χ3v) is 1.95. The first kappa shape index (κ1) is 9.60. The molecule has 3 N–H and O–H groups in total. The summed E-state index contributed by atoms with van der Waals surface area (Å²) in [6, 6.07) is 0. The van der Waals surface area contributed by atoms with Crippen molar-refractivity contribution in [2.75, 3.05) is 12.3 Å². The number of hydrogen-bond donors (Lipinski definition) is 2. The van der Waals surface area contributed by atoms with E-state index in [2.05, 4.69) is 15.0 Å². The largest absolute Gasteiger partial charge is 0.392 e. The van der Waals surface area contributed by atoms with Crippen molar-refractivity contribution in [2.45, 2.75) is 6.54 Å². The maximum Gasteiger partial charge on any atom is 0.222 e. The van der Waals surface area contributed by atoms with Gasteiger partial charge in [0, 0.05) is 6.54 Å². The molecule has 78 valence electrons. The molecule has 0 spiro atoms. The molecule has 15 heavy (non-hydrogen) atoms. The molecule has 2 aromatic heterocycles. The highest BCUT2D eigenvalue weighted by Crippen LogP contribution is 2.09. The quantitative estimate of drug-likeness (QED) is 0.686. The van der Waals surface area contributed by atoms with Crippen LogP contribution in [-0.4, -0.2) is 31.2 Å². The Labute approximate surface area is 86.1 Å². The van der Waals surface area contributed by atoms with E-state index in [0.717, 1.165) is 0 Å². The standard InChI is InChI=1S/C9H11N5O/c10-9-11-5-7-8(13-9)14(6-12-7)3-1-2-4-15/h1-2,5-6,15H,3-4H2,(H2,10,11,13)/b2-1+. The van der Waals surface area contributed by atoms with Crippen molar-refractivity contribution in [1.82, 2.24) is 19.5 Å². The van der Waals surface area contributed by atoms with Gasteiger partial charge in [-0.2, -0.15) is 4.98 Å². The molecule has 0 radical (unpaired) electrons. The van der Waals surface area contributed by atoms with Gasteiger partial charge in [0.25, 0.3) is 0 Å². The zero-order chi connectivity index (χ0) is 10.7. The number of imidazole rings is 1. The molecule has 0 fully saturated rings. The van der Waals surface area contributed by atoms with Crippen LogP contribution >= 0.6 is 0 Å². The monoisotopic (exact) mass is 205 g/mol. The Kier molecular flexibility index (Phi) is 2.59. The van der Waals surface area contributed by atoms with E-state index in [1.807, 2.05) is 10.6 Å². The van der Waals surface area contributed by atoms with Crippen molar-refractivity contribution < 1.29 is 5.11 Å². The first-order valence-corrected chi connectivity index (χ1v) is 4.50. The number of fused-ring (bicyclic) bond motifs is 1. The number of allylic oxidation sites excluding steroid dienone is 1. The molecule has 6 heteroatoms. The SMILES string of the molecule is Nc1ncc2ncn(C/C=C/CO)c2n1. The van der Waals surface area contributed by atoms with Crippen LogP contribution in [0, 0.1) is 0 Å². The molecule has 0 aliphatic carbocycles. The van der Waals surface area contributed by atoms with Crippen LogP contribution in [0.3, 0.4) is 0 Å². The minimum absolute atomic E-state index is 0.0315. The molecule has 0 saturated heterocycles. The summed E-state index contributed by atoms with van der Waals surface area (Å²) < 4.78 is 1.83. The predicted molar refractivity (Wildman–Crippen MR) is 56.0 cm³/mol. The molecule has 0 atom stereocenters. The molecule has 6 nitrogen and oxygen atoms in total. The van der Waals surface area contributed by atoms with E-state index in [1.54, 1.807) is 18.6 Å². The molecule has 2 aromatic rings. The Balaban J connectivity index is 2.35. The Morgan fingerprint density at radius 3 is 3.07 bits per heavy atom. The van der Waals surface area contributed by atoms with Crippen LogP contribution in [0.4, 0.5) is 5.95 Å². The highest BCUT2D eigenvalue weighted by Gasteiger charge is 2.03. The van der Waals surface area contributed by atoms with Crippen LogP contribution in [0.25, 0.3) is 11.2 Å². The van der Waals surface area contributed by atoms with Crippen molar-refractivity contribution in [1.29, 1.82) is 0 Å². The summed E-state index contributed by atoms with van der Waals surface area (Å²) in [5.74, 6) is 0.232. The number of rotatable bonds is 3. The third-order valence-electron chi connectivity index (χ3n) is 1.95. The van der Waals surface area contributed by atoms with Gasteiger partial charge in [0.2, 0.25) is 5.95 Å². The van der Waals surface area contributed by atoms with Gasteiger partial charge in [-0.1, -0.05) is 12.2 Å². The minimum Gasteiger partial charge on any atom is -0.392 e. The fourth-order valence-corrected chi connectivity index (χ4v) is 1.26. The van der Waals surface area contributed by atoms with E-state index < -0.39 is 0 Å². The minimum atomic E-state index is 0.0315. The average molecular weight is 205 g/mol.